The predicted molar refractivity (Wildman–Crippen MR) is 107 cm³/mol. The summed E-state index contributed by atoms with van der Waals surface area (Å²) in [6.45, 7) is 10.3. The number of piperazine rings is 1. The van der Waals surface area contributed by atoms with E-state index in [1.807, 2.05) is 32.9 Å². The van der Waals surface area contributed by atoms with Gasteiger partial charge in [-0.3, -0.25) is 4.98 Å². The summed E-state index contributed by atoms with van der Waals surface area (Å²) < 4.78 is 0. The molecule has 3 aromatic heterocycles. The van der Waals surface area contributed by atoms with E-state index < -0.39 is 0 Å². The Labute approximate surface area is 158 Å². The van der Waals surface area contributed by atoms with Crippen LogP contribution in [0.5, 0.6) is 0 Å². The third kappa shape index (κ3) is 3.60. The molecule has 1 N–H and O–H groups in total. The molecule has 0 atom stereocenters. The van der Waals surface area contributed by atoms with Crippen molar-refractivity contribution in [1.82, 2.24) is 24.9 Å². The van der Waals surface area contributed by atoms with Gasteiger partial charge in [-0.2, -0.15) is 4.98 Å². The van der Waals surface area contributed by atoms with Gasteiger partial charge in [-0.25, -0.2) is 15.0 Å². The topological polar surface area (TPSA) is 83.0 Å². The van der Waals surface area contributed by atoms with Crippen molar-refractivity contribution < 1.29 is 0 Å². The van der Waals surface area contributed by atoms with E-state index in [2.05, 4.69) is 35.1 Å². The van der Waals surface area contributed by atoms with Crippen molar-refractivity contribution in [3.05, 3.63) is 36.0 Å². The lowest BCUT2D eigenvalue weighted by atomic mass is 10.2. The molecule has 8 heteroatoms. The van der Waals surface area contributed by atoms with Crippen LogP contribution in [-0.2, 0) is 0 Å². The van der Waals surface area contributed by atoms with Gasteiger partial charge in [0.2, 0.25) is 5.95 Å². The summed E-state index contributed by atoms with van der Waals surface area (Å²) in [6.07, 6.45) is 3.60. The maximum Gasteiger partial charge on any atom is 0.224 e. The van der Waals surface area contributed by atoms with Gasteiger partial charge < -0.3 is 15.1 Å². The van der Waals surface area contributed by atoms with Gasteiger partial charge in [-0.15, -0.1) is 0 Å². The van der Waals surface area contributed by atoms with Crippen LogP contribution >= 0.6 is 0 Å². The van der Waals surface area contributed by atoms with Crippen LogP contribution in [-0.4, -0.2) is 57.6 Å². The molecule has 27 heavy (non-hydrogen) atoms. The van der Waals surface area contributed by atoms with Gasteiger partial charge in [0, 0.05) is 56.1 Å². The highest BCUT2D eigenvalue weighted by atomic mass is 15.3. The first-order chi connectivity index (χ1) is 13.1. The van der Waals surface area contributed by atoms with Gasteiger partial charge in [0.25, 0.3) is 0 Å². The molecule has 1 fully saturated rings. The Kier molecular flexibility index (Phi) is 4.70. The largest absolute Gasteiger partial charge is 0.354 e. The van der Waals surface area contributed by atoms with Crippen molar-refractivity contribution >= 4 is 28.5 Å². The Morgan fingerprint density at radius 1 is 1.00 bits per heavy atom. The second-order valence-electron chi connectivity index (χ2n) is 6.68. The molecule has 0 spiro atoms. The number of nitrogens with one attached hydrogen (secondary N) is 1. The maximum absolute atomic E-state index is 4.71. The minimum Gasteiger partial charge on any atom is -0.354 e. The van der Waals surface area contributed by atoms with Gasteiger partial charge >= 0.3 is 0 Å². The number of pyridine rings is 1. The van der Waals surface area contributed by atoms with Crippen molar-refractivity contribution in [2.45, 2.75) is 20.8 Å². The number of anilines is 3. The molecule has 4 rings (SSSR count). The average molecular weight is 364 g/mol. The van der Waals surface area contributed by atoms with Crippen molar-refractivity contribution in [2.24, 2.45) is 0 Å². The van der Waals surface area contributed by atoms with E-state index in [1.54, 1.807) is 12.4 Å². The Bertz CT molecular complexity index is 950. The first kappa shape index (κ1) is 17.4. The van der Waals surface area contributed by atoms with Crippen molar-refractivity contribution in [2.75, 3.05) is 47.8 Å². The molecule has 1 saturated heterocycles. The van der Waals surface area contributed by atoms with Crippen molar-refractivity contribution in [3.8, 4) is 0 Å². The number of hydrogen-bond donors (Lipinski definition) is 1. The fourth-order valence-electron chi connectivity index (χ4n) is 3.42. The third-order valence-electron chi connectivity index (χ3n) is 4.67. The lowest BCUT2D eigenvalue weighted by molar-refractivity contribution is 0.641. The highest BCUT2D eigenvalue weighted by Crippen LogP contribution is 2.25. The molecule has 1 aliphatic rings. The van der Waals surface area contributed by atoms with Crippen LogP contribution < -0.4 is 15.1 Å². The predicted octanol–water partition coefficient (Wildman–Crippen LogP) is 2.19. The molecule has 4 heterocycles. The van der Waals surface area contributed by atoms with E-state index in [4.69, 9.17) is 4.98 Å². The van der Waals surface area contributed by atoms with E-state index in [-0.39, 0.29) is 0 Å². The summed E-state index contributed by atoms with van der Waals surface area (Å²) in [6, 6.07) is 4.04. The molecular formula is C19H24N8. The quantitative estimate of drug-likeness (QED) is 0.754. The second-order valence-corrected chi connectivity index (χ2v) is 6.68. The van der Waals surface area contributed by atoms with Gasteiger partial charge in [-0.1, -0.05) is 0 Å². The number of nitrogens with zero attached hydrogens (tertiary/aromatic N) is 7. The standard InChI is InChI=1S/C19H24N8/c1-4-21-19-22-13(2)11-17(25-19)26-7-9-27(10-8-26)18-15-5-6-20-12-16(15)23-14(3)24-18/h5-6,11-12H,4,7-10H2,1-3H3,(H,21,22,25). The molecule has 140 valence electrons. The van der Waals surface area contributed by atoms with Gasteiger partial charge in [0.15, 0.2) is 0 Å². The molecule has 8 nitrogen and oxygen atoms in total. The smallest absolute Gasteiger partial charge is 0.224 e. The highest BCUT2D eigenvalue weighted by Gasteiger charge is 2.22. The van der Waals surface area contributed by atoms with E-state index in [0.717, 1.165) is 66.8 Å². The zero-order chi connectivity index (χ0) is 18.8. The van der Waals surface area contributed by atoms with E-state index in [0.29, 0.717) is 5.95 Å². The highest BCUT2D eigenvalue weighted by molar-refractivity contribution is 5.88. The average Bonchev–Trinajstić information content (AvgIpc) is 2.67. The fraction of sp³-hybridized carbons (Fsp3) is 0.421. The van der Waals surface area contributed by atoms with Gasteiger partial charge in [-0.05, 0) is 26.8 Å². The third-order valence-corrected chi connectivity index (χ3v) is 4.67. The Hall–Kier alpha value is -3.03. The summed E-state index contributed by atoms with van der Waals surface area (Å²) in [4.78, 5) is 27.1. The summed E-state index contributed by atoms with van der Waals surface area (Å²) in [5.41, 5.74) is 1.87. The molecule has 0 unspecified atom stereocenters. The Balaban J connectivity index is 1.55. The number of aromatic nitrogens is 5. The molecule has 0 amide bonds. The number of rotatable bonds is 4. The molecule has 0 aromatic carbocycles. The van der Waals surface area contributed by atoms with Gasteiger partial charge in [0.05, 0.1) is 11.7 Å². The minimum atomic E-state index is 0.694. The molecule has 1 aliphatic heterocycles. The zero-order valence-corrected chi connectivity index (χ0v) is 16.0. The van der Waals surface area contributed by atoms with Crippen LogP contribution in [0.2, 0.25) is 0 Å². The number of aryl methyl sites for hydroxylation is 2. The van der Waals surface area contributed by atoms with Crippen LogP contribution in [0.4, 0.5) is 17.6 Å². The molecule has 0 saturated carbocycles. The first-order valence-corrected chi connectivity index (χ1v) is 9.32. The van der Waals surface area contributed by atoms with Crippen LogP contribution in [0.1, 0.15) is 18.4 Å². The first-order valence-electron chi connectivity index (χ1n) is 9.32. The summed E-state index contributed by atoms with van der Waals surface area (Å²) in [7, 11) is 0. The molecule has 3 aromatic rings. The van der Waals surface area contributed by atoms with Crippen molar-refractivity contribution in [1.29, 1.82) is 0 Å². The number of fused-ring (bicyclic) bond motifs is 1. The monoisotopic (exact) mass is 364 g/mol. The lowest BCUT2D eigenvalue weighted by Gasteiger charge is -2.36. The summed E-state index contributed by atoms with van der Waals surface area (Å²) in [5.74, 6) is 3.44. The molecular weight excluding hydrogens is 340 g/mol. The number of hydrogen-bond acceptors (Lipinski definition) is 8. The Morgan fingerprint density at radius 3 is 2.56 bits per heavy atom. The van der Waals surface area contributed by atoms with Gasteiger partial charge in [0.1, 0.15) is 17.5 Å². The zero-order valence-electron chi connectivity index (χ0n) is 16.0. The summed E-state index contributed by atoms with van der Waals surface area (Å²) in [5, 5.41) is 4.26. The van der Waals surface area contributed by atoms with Crippen LogP contribution in [0, 0.1) is 13.8 Å². The lowest BCUT2D eigenvalue weighted by Crippen LogP contribution is -2.47. The second kappa shape index (κ2) is 7.30. The van der Waals surface area contributed by atoms with Crippen LogP contribution in [0.3, 0.4) is 0 Å². The van der Waals surface area contributed by atoms with E-state index in [1.165, 1.54) is 0 Å². The van der Waals surface area contributed by atoms with Crippen LogP contribution in [0.15, 0.2) is 24.5 Å². The summed E-state index contributed by atoms with van der Waals surface area (Å²) >= 11 is 0. The maximum atomic E-state index is 4.71. The van der Waals surface area contributed by atoms with E-state index in [9.17, 15) is 0 Å². The molecule has 0 radical (unpaired) electrons. The normalized spacial score (nSPS) is 14.6. The van der Waals surface area contributed by atoms with E-state index >= 15 is 0 Å². The molecule has 0 bridgehead atoms. The fourth-order valence-corrected chi connectivity index (χ4v) is 3.42. The van der Waals surface area contributed by atoms with Crippen molar-refractivity contribution in [3.63, 3.8) is 0 Å². The Morgan fingerprint density at radius 2 is 1.78 bits per heavy atom. The van der Waals surface area contributed by atoms with Crippen LogP contribution in [0.25, 0.3) is 10.9 Å². The molecule has 0 aliphatic carbocycles. The minimum absolute atomic E-state index is 0.694. The SMILES string of the molecule is CCNc1nc(C)cc(N2CCN(c3nc(C)nc4cnccc34)CC2)n1.